The molecular formula is C15H17N5O. The van der Waals surface area contributed by atoms with E-state index in [0.29, 0.717) is 24.3 Å². The van der Waals surface area contributed by atoms with E-state index >= 15 is 0 Å². The van der Waals surface area contributed by atoms with Gasteiger partial charge in [-0.05, 0) is 44.5 Å². The van der Waals surface area contributed by atoms with Crippen molar-refractivity contribution in [3.8, 4) is 12.1 Å². The highest BCUT2D eigenvalue weighted by Crippen LogP contribution is 2.17. The third-order valence-corrected chi connectivity index (χ3v) is 3.02. The third-order valence-electron chi connectivity index (χ3n) is 3.02. The minimum atomic E-state index is -0.252. The van der Waals surface area contributed by atoms with Crippen LogP contribution < -0.4 is 5.43 Å². The number of nitriles is 2. The molecule has 0 unspecified atom stereocenters. The first-order valence-corrected chi connectivity index (χ1v) is 6.61. The molecule has 0 bridgehead atoms. The van der Waals surface area contributed by atoms with Crippen LogP contribution in [0.15, 0.2) is 23.3 Å². The summed E-state index contributed by atoms with van der Waals surface area (Å²) >= 11 is 0. The monoisotopic (exact) mass is 283 g/mol. The Hall–Kier alpha value is -2.86. The molecule has 1 amide bonds. The molecule has 21 heavy (non-hydrogen) atoms. The number of aryl methyl sites for hydroxylation is 1. The predicted octanol–water partition coefficient (Wildman–Crippen LogP) is 2.29. The number of nitrogens with zero attached hydrogens (tertiary/aromatic N) is 4. The number of rotatable bonds is 5. The summed E-state index contributed by atoms with van der Waals surface area (Å²) < 4.78 is 0. The van der Waals surface area contributed by atoms with E-state index in [-0.39, 0.29) is 11.6 Å². The van der Waals surface area contributed by atoms with Crippen LogP contribution in [0.25, 0.3) is 0 Å². The van der Waals surface area contributed by atoms with Crippen LogP contribution in [0.2, 0.25) is 0 Å². The normalized spacial score (nSPS) is 9.19. The molecule has 0 spiro atoms. The van der Waals surface area contributed by atoms with Gasteiger partial charge in [0.15, 0.2) is 0 Å². The van der Waals surface area contributed by atoms with Gasteiger partial charge in [0.05, 0.1) is 5.69 Å². The number of hydrogen-bond acceptors (Lipinski definition) is 5. The highest BCUT2D eigenvalue weighted by Gasteiger charge is 2.13. The largest absolute Gasteiger partial charge is 0.339 e. The maximum Gasteiger partial charge on any atom is 0.253 e. The lowest BCUT2D eigenvalue weighted by Crippen LogP contribution is -2.30. The second-order valence-corrected chi connectivity index (χ2v) is 4.30. The maximum atomic E-state index is 12.2. The van der Waals surface area contributed by atoms with E-state index in [2.05, 4.69) is 10.5 Å². The topological polar surface area (TPSA) is 92.3 Å². The van der Waals surface area contributed by atoms with Crippen molar-refractivity contribution in [2.24, 2.45) is 5.10 Å². The molecule has 1 aromatic carbocycles. The van der Waals surface area contributed by atoms with Gasteiger partial charge in [-0.2, -0.15) is 15.6 Å². The van der Waals surface area contributed by atoms with Crippen molar-refractivity contribution in [2.75, 3.05) is 18.5 Å². The lowest BCUT2D eigenvalue weighted by atomic mass is 10.1. The fourth-order valence-electron chi connectivity index (χ4n) is 1.81. The summed E-state index contributed by atoms with van der Waals surface area (Å²) in [7, 11) is 0. The Labute approximate surface area is 124 Å². The maximum absolute atomic E-state index is 12.2. The van der Waals surface area contributed by atoms with Gasteiger partial charge in [-0.15, -0.1) is 0 Å². The highest BCUT2D eigenvalue weighted by atomic mass is 16.2. The zero-order valence-electron chi connectivity index (χ0n) is 12.3. The number of anilines is 1. The molecule has 1 aromatic rings. The average molecular weight is 283 g/mol. The molecule has 108 valence electrons. The Bertz CT molecular complexity index is 616. The first-order valence-electron chi connectivity index (χ1n) is 6.61. The minimum absolute atomic E-state index is 0.0205. The standard InChI is InChI=1S/C15H17N5O/c1-4-20(5-2)15(21)12-6-7-14(11(3)8-12)19-18-13(9-16)10-17/h6-8,19H,4-5H2,1-3H3. The zero-order chi connectivity index (χ0) is 15.8. The Kier molecular flexibility index (Phi) is 5.91. The van der Waals surface area contributed by atoms with Gasteiger partial charge in [0.1, 0.15) is 12.1 Å². The Morgan fingerprint density at radius 1 is 1.29 bits per heavy atom. The number of hydrazone groups is 1. The summed E-state index contributed by atoms with van der Waals surface area (Å²) in [4.78, 5) is 14.0. The molecule has 0 atom stereocenters. The van der Waals surface area contributed by atoms with Gasteiger partial charge >= 0.3 is 0 Å². The number of carbonyl (C=O) groups is 1. The van der Waals surface area contributed by atoms with Crippen molar-refractivity contribution < 1.29 is 4.79 Å². The van der Waals surface area contributed by atoms with Gasteiger partial charge in [-0.3, -0.25) is 10.2 Å². The van der Waals surface area contributed by atoms with Gasteiger partial charge in [-0.1, -0.05) is 0 Å². The second-order valence-electron chi connectivity index (χ2n) is 4.30. The lowest BCUT2D eigenvalue weighted by molar-refractivity contribution is 0.0773. The van der Waals surface area contributed by atoms with Crippen molar-refractivity contribution in [3.63, 3.8) is 0 Å². The van der Waals surface area contributed by atoms with Crippen LogP contribution in [-0.4, -0.2) is 29.6 Å². The molecule has 0 radical (unpaired) electrons. The molecule has 0 fully saturated rings. The lowest BCUT2D eigenvalue weighted by Gasteiger charge is -2.19. The molecule has 6 heteroatoms. The van der Waals surface area contributed by atoms with Crippen LogP contribution in [0.3, 0.4) is 0 Å². The molecule has 0 aliphatic heterocycles. The van der Waals surface area contributed by atoms with E-state index in [1.54, 1.807) is 35.2 Å². The fourth-order valence-corrected chi connectivity index (χ4v) is 1.81. The predicted molar refractivity (Wildman–Crippen MR) is 80.7 cm³/mol. The number of hydrogen-bond donors (Lipinski definition) is 1. The first-order chi connectivity index (χ1) is 10.1. The van der Waals surface area contributed by atoms with Crippen LogP contribution in [0.1, 0.15) is 29.8 Å². The highest BCUT2D eigenvalue weighted by molar-refractivity contribution is 6.10. The van der Waals surface area contributed by atoms with Crippen LogP contribution in [0.5, 0.6) is 0 Å². The third kappa shape index (κ3) is 4.05. The summed E-state index contributed by atoms with van der Waals surface area (Å²) in [6.07, 6.45) is 0. The van der Waals surface area contributed by atoms with Gasteiger partial charge < -0.3 is 4.90 Å². The Morgan fingerprint density at radius 2 is 1.90 bits per heavy atom. The van der Waals surface area contributed by atoms with Gasteiger partial charge in [-0.25, -0.2) is 0 Å². The number of benzene rings is 1. The molecule has 1 N–H and O–H groups in total. The molecule has 0 aliphatic carbocycles. The molecule has 6 nitrogen and oxygen atoms in total. The summed E-state index contributed by atoms with van der Waals surface area (Å²) in [6.45, 7) is 7.02. The van der Waals surface area contributed by atoms with Gasteiger partial charge in [0.2, 0.25) is 5.71 Å². The number of amides is 1. The Morgan fingerprint density at radius 3 is 2.38 bits per heavy atom. The quantitative estimate of drug-likeness (QED) is 0.662. The molecule has 0 aromatic heterocycles. The van der Waals surface area contributed by atoms with E-state index in [9.17, 15) is 4.79 Å². The van der Waals surface area contributed by atoms with Crippen molar-refractivity contribution in [3.05, 3.63) is 29.3 Å². The van der Waals surface area contributed by atoms with Crippen molar-refractivity contribution in [1.29, 1.82) is 10.5 Å². The summed E-state index contributed by atoms with van der Waals surface area (Å²) in [5.41, 5.74) is 4.47. The molecule has 1 rings (SSSR count). The number of carbonyl (C=O) groups excluding carboxylic acids is 1. The summed E-state index contributed by atoms with van der Waals surface area (Å²) in [6, 6.07) is 8.50. The van der Waals surface area contributed by atoms with Crippen molar-refractivity contribution in [1.82, 2.24) is 4.90 Å². The van der Waals surface area contributed by atoms with Crippen LogP contribution >= 0.6 is 0 Å². The van der Waals surface area contributed by atoms with Crippen molar-refractivity contribution in [2.45, 2.75) is 20.8 Å². The second kappa shape index (κ2) is 7.66. The van der Waals surface area contributed by atoms with E-state index in [4.69, 9.17) is 10.5 Å². The summed E-state index contributed by atoms with van der Waals surface area (Å²) in [5, 5.41) is 20.9. The minimum Gasteiger partial charge on any atom is -0.339 e. The number of nitrogens with one attached hydrogen (secondary N) is 1. The fraction of sp³-hybridized carbons (Fsp3) is 0.333. The molecule has 0 saturated heterocycles. The molecular weight excluding hydrogens is 266 g/mol. The Balaban J connectivity index is 2.97. The van der Waals surface area contributed by atoms with E-state index in [0.717, 1.165) is 5.56 Å². The SMILES string of the molecule is CCN(CC)C(=O)c1ccc(NN=C(C#N)C#N)c(C)c1. The molecule has 0 aliphatic rings. The average Bonchev–Trinajstić information content (AvgIpc) is 2.50. The van der Waals surface area contributed by atoms with Crippen LogP contribution in [0.4, 0.5) is 5.69 Å². The van der Waals surface area contributed by atoms with Crippen LogP contribution in [-0.2, 0) is 0 Å². The first kappa shape index (κ1) is 16.2. The van der Waals surface area contributed by atoms with Crippen LogP contribution in [0, 0.1) is 29.6 Å². The smallest absolute Gasteiger partial charge is 0.253 e. The van der Waals surface area contributed by atoms with E-state index in [1.165, 1.54) is 0 Å². The van der Waals surface area contributed by atoms with Crippen molar-refractivity contribution >= 4 is 17.3 Å². The van der Waals surface area contributed by atoms with Gasteiger partial charge in [0.25, 0.3) is 5.91 Å². The van der Waals surface area contributed by atoms with E-state index in [1.807, 2.05) is 20.8 Å². The van der Waals surface area contributed by atoms with E-state index < -0.39 is 0 Å². The molecule has 0 saturated carbocycles. The molecule has 0 heterocycles. The van der Waals surface area contributed by atoms with Gasteiger partial charge in [0, 0.05) is 18.7 Å². The summed E-state index contributed by atoms with van der Waals surface area (Å²) in [5.74, 6) is -0.0205. The zero-order valence-corrected chi connectivity index (χ0v) is 12.3.